The number of aromatic nitrogens is 2. The van der Waals surface area contributed by atoms with Crippen LogP contribution in [0.5, 0.6) is 0 Å². The lowest BCUT2D eigenvalue weighted by Crippen LogP contribution is -2.49. The van der Waals surface area contributed by atoms with E-state index < -0.39 is 0 Å². The van der Waals surface area contributed by atoms with Crippen LogP contribution in [0.1, 0.15) is 11.3 Å². The fraction of sp³-hybridized carbons (Fsp3) is 0.294. The monoisotopic (exact) mass is 307 g/mol. The molecule has 0 radical (unpaired) electrons. The smallest absolute Gasteiger partial charge is 0.227 e. The molecule has 116 valence electrons. The Kier molecular flexibility index (Phi) is 4.48. The first-order valence-corrected chi connectivity index (χ1v) is 7.55. The number of hydrogen-bond acceptors (Lipinski definition) is 5. The SMILES string of the molecule is N#Cc1nccnc1N1CCN(C(=O)Cc2ccccc2)CC1. The molecular weight excluding hydrogens is 290 g/mol. The van der Waals surface area contributed by atoms with Gasteiger partial charge in [0, 0.05) is 38.6 Å². The van der Waals surface area contributed by atoms with Gasteiger partial charge in [0.15, 0.2) is 11.5 Å². The molecule has 1 amide bonds. The largest absolute Gasteiger partial charge is 0.351 e. The summed E-state index contributed by atoms with van der Waals surface area (Å²) >= 11 is 0. The topological polar surface area (TPSA) is 73.1 Å². The minimum Gasteiger partial charge on any atom is -0.351 e. The molecule has 6 heteroatoms. The standard InChI is InChI=1S/C17H17N5O/c18-13-15-17(20-7-6-19-15)22-10-8-21(9-11-22)16(23)12-14-4-2-1-3-5-14/h1-7H,8-12H2. The van der Waals surface area contributed by atoms with Gasteiger partial charge in [-0.1, -0.05) is 30.3 Å². The highest BCUT2D eigenvalue weighted by Gasteiger charge is 2.23. The lowest BCUT2D eigenvalue weighted by molar-refractivity contribution is -0.130. The van der Waals surface area contributed by atoms with Gasteiger partial charge in [-0.25, -0.2) is 9.97 Å². The van der Waals surface area contributed by atoms with Gasteiger partial charge >= 0.3 is 0 Å². The third kappa shape index (κ3) is 3.46. The van der Waals surface area contributed by atoms with Crippen molar-refractivity contribution in [3.8, 4) is 6.07 Å². The van der Waals surface area contributed by atoms with Crippen LogP contribution in [0.15, 0.2) is 42.7 Å². The summed E-state index contributed by atoms with van der Waals surface area (Å²) < 4.78 is 0. The molecule has 0 saturated carbocycles. The maximum Gasteiger partial charge on any atom is 0.227 e. The van der Waals surface area contributed by atoms with Crippen LogP contribution < -0.4 is 4.90 Å². The fourth-order valence-electron chi connectivity index (χ4n) is 2.69. The summed E-state index contributed by atoms with van der Waals surface area (Å²) in [6.07, 6.45) is 3.53. The summed E-state index contributed by atoms with van der Waals surface area (Å²) in [6.45, 7) is 2.59. The number of rotatable bonds is 3. The van der Waals surface area contributed by atoms with Crippen LogP contribution in [0.4, 0.5) is 5.82 Å². The highest BCUT2D eigenvalue weighted by Crippen LogP contribution is 2.16. The van der Waals surface area contributed by atoms with Crippen molar-refractivity contribution in [2.45, 2.75) is 6.42 Å². The van der Waals surface area contributed by atoms with Crippen molar-refractivity contribution in [1.29, 1.82) is 5.26 Å². The van der Waals surface area contributed by atoms with E-state index in [1.54, 1.807) is 6.20 Å². The van der Waals surface area contributed by atoms with Gasteiger partial charge in [0.2, 0.25) is 5.91 Å². The Morgan fingerprint density at radius 1 is 1.09 bits per heavy atom. The van der Waals surface area contributed by atoms with Crippen LogP contribution in [0, 0.1) is 11.3 Å². The van der Waals surface area contributed by atoms with E-state index in [2.05, 4.69) is 16.0 Å². The molecule has 1 aromatic heterocycles. The van der Waals surface area contributed by atoms with Crippen molar-refractivity contribution in [3.05, 3.63) is 54.0 Å². The molecule has 1 fully saturated rings. The highest BCUT2D eigenvalue weighted by atomic mass is 16.2. The number of amides is 1. The second-order valence-electron chi connectivity index (χ2n) is 5.37. The summed E-state index contributed by atoms with van der Waals surface area (Å²) in [5, 5.41) is 9.11. The molecule has 0 spiro atoms. The molecule has 2 aromatic rings. The molecule has 2 heterocycles. The number of piperazine rings is 1. The first-order chi connectivity index (χ1) is 11.3. The Morgan fingerprint density at radius 2 is 1.78 bits per heavy atom. The molecule has 0 atom stereocenters. The molecule has 23 heavy (non-hydrogen) atoms. The van der Waals surface area contributed by atoms with Gasteiger partial charge in [-0.3, -0.25) is 4.79 Å². The first kappa shape index (κ1) is 15.0. The summed E-state index contributed by atoms with van der Waals surface area (Å²) in [4.78, 5) is 24.5. The van der Waals surface area contributed by atoms with Gasteiger partial charge < -0.3 is 9.80 Å². The molecule has 6 nitrogen and oxygen atoms in total. The van der Waals surface area contributed by atoms with E-state index in [-0.39, 0.29) is 5.91 Å². The maximum atomic E-state index is 12.4. The van der Waals surface area contributed by atoms with E-state index in [0.29, 0.717) is 44.1 Å². The number of carbonyl (C=O) groups is 1. The van der Waals surface area contributed by atoms with Crippen LogP contribution in [-0.4, -0.2) is 47.0 Å². The second kappa shape index (κ2) is 6.88. The predicted molar refractivity (Wildman–Crippen MR) is 85.7 cm³/mol. The Bertz CT molecular complexity index is 717. The maximum absolute atomic E-state index is 12.4. The summed E-state index contributed by atoms with van der Waals surface area (Å²) in [5.41, 5.74) is 1.36. The number of hydrogen-bond donors (Lipinski definition) is 0. The highest BCUT2D eigenvalue weighted by molar-refractivity contribution is 5.79. The molecule has 0 N–H and O–H groups in total. The van der Waals surface area contributed by atoms with Gasteiger partial charge in [0.1, 0.15) is 6.07 Å². The average molecular weight is 307 g/mol. The molecule has 0 unspecified atom stereocenters. The number of anilines is 1. The summed E-state index contributed by atoms with van der Waals surface area (Å²) in [7, 11) is 0. The van der Waals surface area contributed by atoms with Crippen LogP contribution >= 0.6 is 0 Å². The molecule has 1 aliphatic heterocycles. The molecule has 0 bridgehead atoms. The summed E-state index contributed by atoms with van der Waals surface area (Å²) in [6, 6.07) is 11.8. The Balaban J connectivity index is 1.60. The predicted octanol–water partition coefficient (Wildman–Crippen LogP) is 1.24. The molecule has 1 saturated heterocycles. The van der Waals surface area contributed by atoms with Crippen molar-refractivity contribution >= 4 is 11.7 Å². The summed E-state index contributed by atoms with van der Waals surface area (Å²) in [5.74, 6) is 0.737. The number of nitriles is 1. The zero-order valence-corrected chi connectivity index (χ0v) is 12.7. The van der Waals surface area contributed by atoms with Crippen LogP contribution in [0.25, 0.3) is 0 Å². The van der Waals surface area contributed by atoms with Crippen molar-refractivity contribution in [2.24, 2.45) is 0 Å². The molecule has 0 aliphatic carbocycles. The van der Waals surface area contributed by atoms with E-state index in [1.807, 2.05) is 40.1 Å². The average Bonchev–Trinajstić information content (AvgIpc) is 2.62. The Hall–Kier alpha value is -2.94. The van der Waals surface area contributed by atoms with E-state index in [1.165, 1.54) is 6.20 Å². The van der Waals surface area contributed by atoms with Crippen LogP contribution in [0.3, 0.4) is 0 Å². The number of nitrogens with zero attached hydrogens (tertiary/aromatic N) is 5. The van der Waals surface area contributed by atoms with E-state index in [4.69, 9.17) is 5.26 Å². The van der Waals surface area contributed by atoms with Gasteiger partial charge in [0.25, 0.3) is 0 Å². The van der Waals surface area contributed by atoms with E-state index in [0.717, 1.165) is 5.56 Å². The Labute approximate surface area is 135 Å². The van der Waals surface area contributed by atoms with Crippen LogP contribution in [-0.2, 0) is 11.2 Å². The number of benzene rings is 1. The zero-order chi connectivity index (χ0) is 16.1. The zero-order valence-electron chi connectivity index (χ0n) is 12.7. The van der Waals surface area contributed by atoms with Crippen LogP contribution in [0.2, 0.25) is 0 Å². The van der Waals surface area contributed by atoms with E-state index in [9.17, 15) is 4.79 Å². The third-order valence-electron chi connectivity index (χ3n) is 3.91. The minimum atomic E-state index is 0.135. The van der Waals surface area contributed by atoms with Gasteiger partial charge in [-0.15, -0.1) is 0 Å². The molecule has 3 rings (SSSR count). The first-order valence-electron chi connectivity index (χ1n) is 7.55. The molecule has 1 aliphatic rings. The van der Waals surface area contributed by atoms with Gasteiger partial charge in [-0.2, -0.15) is 5.26 Å². The van der Waals surface area contributed by atoms with Gasteiger partial charge in [-0.05, 0) is 5.56 Å². The molecule has 1 aromatic carbocycles. The van der Waals surface area contributed by atoms with Crippen molar-refractivity contribution in [3.63, 3.8) is 0 Å². The number of carbonyl (C=O) groups excluding carboxylic acids is 1. The fourth-order valence-corrected chi connectivity index (χ4v) is 2.69. The minimum absolute atomic E-state index is 0.135. The van der Waals surface area contributed by atoms with Gasteiger partial charge in [0.05, 0.1) is 6.42 Å². The Morgan fingerprint density at radius 3 is 2.48 bits per heavy atom. The van der Waals surface area contributed by atoms with E-state index >= 15 is 0 Å². The lowest BCUT2D eigenvalue weighted by Gasteiger charge is -2.35. The second-order valence-corrected chi connectivity index (χ2v) is 5.37. The quantitative estimate of drug-likeness (QED) is 0.853. The van der Waals surface area contributed by atoms with Crippen molar-refractivity contribution in [2.75, 3.05) is 31.1 Å². The van der Waals surface area contributed by atoms with Crippen molar-refractivity contribution in [1.82, 2.24) is 14.9 Å². The molecular formula is C17H17N5O. The lowest BCUT2D eigenvalue weighted by atomic mass is 10.1. The third-order valence-corrected chi connectivity index (χ3v) is 3.91. The normalized spacial score (nSPS) is 14.4. The van der Waals surface area contributed by atoms with Crippen molar-refractivity contribution < 1.29 is 4.79 Å².